The van der Waals surface area contributed by atoms with E-state index >= 15 is 0 Å². The van der Waals surface area contributed by atoms with Crippen LogP contribution in [-0.4, -0.2) is 35.0 Å². The maximum absolute atomic E-state index is 12.4. The van der Waals surface area contributed by atoms with Crippen LogP contribution >= 0.6 is 0 Å². The van der Waals surface area contributed by atoms with Crippen molar-refractivity contribution in [3.8, 4) is 5.75 Å². The number of hydrogen-bond donors (Lipinski definition) is 2. The van der Waals surface area contributed by atoms with E-state index in [0.29, 0.717) is 6.54 Å². The van der Waals surface area contributed by atoms with Gasteiger partial charge in [-0.05, 0) is 44.0 Å². The first-order valence-electron chi connectivity index (χ1n) is 6.30. The van der Waals surface area contributed by atoms with E-state index < -0.39 is 5.54 Å². The van der Waals surface area contributed by atoms with Crippen molar-refractivity contribution in [2.75, 3.05) is 13.6 Å². The minimum atomic E-state index is -0.411. The summed E-state index contributed by atoms with van der Waals surface area (Å²) < 4.78 is 0. The van der Waals surface area contributed by atoms with E-state index in [1.165, 1.54) is 0 Å². The van der Waals surface area contributed by atoms with Crippen LogP contribution in [0.15, 0.2) is 24.3 Å². The minimum Gasteiger partial charge on any atom is -0.508 e. The highest BCUT2D eigenvalue weighted by Crippen LogP contribution is 2.21. The molecule has 1 atom stereocenters. The Balaban J connectivity index is 2.01. The summed E-state index contributed by atoms with van der Waals surface area (Å²) in [4.78, 5) is 14.1. The second-order valence-electron chi connectivity index (χ2n) is 5.19. The highest BCUT2D eigenvalue weighted by molar-refractivity contribution is 5.86. The largest absolute Gasteiger partial charge is 0.508 e. The molecule has 1 heterocycles. The van der Waals surface area contributed by atoms with Gasteiger partial charge in [-0.2, -0.15) is 0 Å². The van der Waals surface area contributed by atoms with Crippen LogP contribution in [0.5, 0.6) is 5.75 Å². The second-order valence-corrected chi connectivity index (χ2v) is 5.19. The van der Waals surface area contributed by atoms with Crippen molar-refractivity contribution in [1.82, 2.24) is 10.2 Å². The summed E-state index contributed by atoms with van der Waals surface area (Å²) in [5.41, 5.74) is 0.608. The van der Waals surface area contributed by atoms with Gasteiger partial charge in [0.2, 0.25) is 5.91 Å². The Morgan fingerprint density at radius 2 is 2.11 bits per heavy atom. The van der Waals surface area contributed by atoms with Crippen LogP contribution in [0.2, 0.25) is 0 Å². The molecule has 0 bridgehead atoms. The molecule has 0 spiro atoms. The van der Waals surface area contributed by atoms with Gasteiger partial charge in [-0.15, -0.1) is 0 Å². The number of amides is 1. The topological polar surface area (TPSA) is 52.6 Å². The van der Waals surface area contributed by atoms with Crippen LogP contribution in [0, 0.1) is 0 Å². The number of hydrogen-bond acceptors (Lipinski definition) is 3. The standard InChI is InChI=1S/C14H20N2O2/c1-14(8-3-9-15-14)13(18)16(2)10-11-4-6-12(17)7-5-11/h4-7,15,17H,3,8-10H2,1-2H3. The molecule has 0 saturated carbocycles. The lowest BCUT2D eigenvalue weighted by Gasteiger charge is -2.29. The van der Waals surface area contributed by atoms with E-state index in [1.54, 1.807) is 17.0 Å². The summed E-state index contributed by atoms with van der Waals surface area (Å²) in [6.07, 6.45) is 1.95. The maximum atomic E-state index is 12.4. The lowest BCUT2D eigenvalue weighted by molar-refractivity contribution is -0.136. The predicted octanol–water partition coefficient (Wildman–Crippen LogP) is 1.49. The number of carbonyl (C=O) groups excluding carboxylic acids is 1. The van der Waals surface area contributed by atoms with Crippen LogP contribution in [-0.2, 0) is 11.3 Å². The normalized spacial score (nSPS) is 23.0. The van der Waals surface area contributed by atoms with Gasteiger partial charge < -0.3 is 15.3 Å². The van der Waals surface area contributed by atoms with E-state index in [-0.39, 0.29) is 11.7 Å². The molecule has 0 aliphatic carbocycles. The highest BCUT2D eigenvalue weighted by atomic mass is 16.3. The fraction of sp³-hybridized carbons (Fsp3) is 0.500. The number of phenols is 1. The monoisotopic (exact) mass is 248 g/mol. The van der Waals surface area contributed by atoms with Crippen molar-refractivity contribution >= 4 is 5.91 Å². The fourth-order valence-corrected chi connectivity index (χ4v) is 2.45. The van der Waals surface area contributed by atoms with Gasteiger partial charge in [-0.3, -0.25) is 4.79 Å². The Bertz CT molecular complexity index is 422. The average Bonchev–Trinajstić information content (AvgIpc) is 2.79. The van der Waals surface area contributed by atoms with Gasteiger partial charge in [-0.25, -0.2) is 0 Å². The van der Waals surface area contributed by atoms with Crippen molar-refractivity contribution < 1.29 is 9.90 Å². The summed E-state index contributed by atoms with van der Waals surface area (Å²) >= 11 is 0. The van der Waals surface area contributed by atoms with Crippen LogP contribution in [0.25, 0.3) is 0 Å². The fourth-order valence-electron chi connectivity index (χ4n) is 2.45. The van der Waals surface area contributed by atoms with E-state index in [1.807, 2.05) is 26.1 Å². The first-order chi connectivity index (χ1) is 8.51. The zero-order valence-electron chi connectivity index (χ0n) is 10.9. The van der Waals surface area contributed by atoms with Crippen molar-refractivity contribution in [3.05, 3.63) is 29.8 Å². The third-order valence-corrected chi connectivity index (χ3v) is 3.54. The van der Waals surface area contributed by atoms with Crippen LogP contribution in [0.4, 0.5) is 0 Å². The molecule has 1 aromatic carbocycles. The second kappa shape index (κ2) is 4.98. The number of rotatable bonds is 3. The van der Waals surface area contributed by atoms with E-state index in [9.17, 15) is 9.90 Å². The predicted molar refractivity (Wildman–Crippen MR) is 70.2 cm³/mol. The third kappa shape index (κ3) is 2.64. The number of aromatic hydroxyl groups is 1. The number of likely N-dealkylation sites (N-methyl/N-ethyl adjacent to an activating group) is 1. The molecule has 18 heavy (non-hydrogen) atoms. The van der Waals surface area contributed by atoms with E-state index in [4.69, 9.17) is 0 Å². The summed E-state index contributed by atoms with van der Waals surface area (Å²) in [6, 6.07) is 6.96. The lowest BCUT2D eigenvalue weighted by atomic mass is 9.98. The molecule has 1 unspecified atom stereocenters. The summed E-state index contributed by atoms with van der Waals surface area (Å²) in [5.74, 6) is 0.380. The van der Waals surface area contributed by atoms with Crippen molar-refractivity contribution in [1.29, 1.82) is 0 Å². The lowest BCUT2D eigenvalue weighted by Crippen LogP contribution is -2.51. The third-order valence-electron chi connectivity index (χ3n) is 3.54. The van der Waals surface area contributed by atoms with E-state index in [2.05, 4.69) is 5.32 Å². The Morgan fingerprint density at radius 3 is 2.67 bits per heavy atom. The molecule has 0 aromatic heterocycles. The molecular formula is C14H20N2O2. The number of benzene rings is 1. The van der Waals surface area contributed by atoms with Gasteiger partial charge >= 0.3 is 0 Å². The van der Waals surface area contributed by atoms with Crippen LogP contribution < -0.4 is 5.32 Å². The highest BCUT2D eigenvalue weighted by Gasteiger charge is 2.37. The van der Waals surface area contributed by atoms with Crippen molar-refractivity contribution in [2.45, 2.75) is 31.8 Å². The molecule has 4 nitrogen and oxygen atoms in total. The number of phenolic OH excluding ortho intramolecular Hbond substituents is 1. The number of nitrogens with one attached hydrogen (secondary N) is 1. The molecule has 0 radical (unpaired) electrons. The Labute approximate surface area is 108 Å². The molecule has 1 aliphatic heterocycles. The SMILES string of the molecule is CN(Cc1ccc(O)cc1)C(=O)C1(C)CCCN1. The Hall–Kier alpha value is -1.55. The molecule has 1 saturated heterocycles. The van der Waals surface area contributed by atoms with Gasteiger partial charge in [0.1, 0.15) is 5.75 Å². The first-order valence-corrected chi connectivity index (χ1v) is 6.30. The summed E-state index contributed by atoms with van der Waals surface area (Å²) in [7, 11) is 1.82. The molecule has 1 fully saturated rings. The van der Waals surface area contributed by atoms with Crippen molar-refractivity contribution in [3.63, 3.8) is 0 Å². The zero-order chi connectivity index (χ0) is 13.2. The molecular weight excluding hydrogens is 228 g/mol. The van der Waals surface area contributed by atoms with Gasteiger partial charge in [0, 0.05) is 13.6 Å². The Kier molecular flexibility index (Phi) is 3.57. The van der Waals surface area contributed by atoms with Gasteiger partial charge in [0.15, 0.2) is 0 Å². The minimum absolute atomic E-state index is 0.132. The molecule has 2 rings (SSSR count). The molecule has 1 aromatic rings. The summed E-state index contributed by atoms with van der Waals surface area (Å²) in [5, 5.41) is 12.5. The quantitative estimate of drug-likeness (QED) is 0.852. The zero-order valence-corrected chi connectivity index (χ0v) is 10.9. The van der Waals surface area contributed by atoms with Crippen LogP contribution in [0.1, 0.15) is 25.3 Å². The molecule has 1 aliphatic rings. The van der Waals surface area contributed by atoms with Gasteiger partial charge in [0.05, 0.1) is 5.54 Å². The number of carbonyl (C=O) groups is 1. The smallest absolute Gasteiger partial charge is 0.242 e. The molecule has 2 N–H and O–H groups in total. The average molecular weight is 248 g/mol. The molecule has 4 heteroatoms. The van der Waals surface area contributed by atoms with Gasteiger partial charge in [0.25, 0.3) is 0 Å². The maximum Gasteiger partial charge on any atom is 0.242 e. The Morgan fingerprint density at radius 1 is 1.44 bits per heavy atom. The van der Waals surface area contributed by atoms with Crippen molar-refractivity contribution in [2.24, 2.45) is 0 Å². The van der Waals surface area contributed by atoms with Crippen LogP contribution in [0.3, 0.4) is 0 Å². The number of nitrogens with zero attached hydrogens (tertiary/aromatic N) is 1. The molecule has 1 amide bonds. The van der Waals surface area contributed by atoms with E-state index in [0.717, 1.165) is 24.9 Å². The summed E-state index contributed by atoms with van der Waals surface area (Å²) in [6.45, 7) is 3.45. The first kappa shape index (κ1) is 12.9. The molecule has 98 valence electrons. The van der Waals surface area contributed by atoms with Gasteiger partial charge in [-0.1, -0.05) is 12.1 Å².